The average molecular weight is 504 g/mol. The summed E-state index contributed by atoms with van der Waals surface area (Å²) in [6.07, 6.45) is 0. The van der Waals surface area contributed by atoms with Crippen molar-refractivity contribution in [2.24, 2.45) is 0 Å². The van der Waals surface area contributed by atoms with Crippen LogP contribution in [0.2, 0.25) is 0 Å². The van der Waals surface area contributed by atoms with Crippen LogP contribution < -0.4 is 9.80 Å². The first-order valence-corrected chi connectivity index (χ1v) is 10.6. The van der Waals surface area contributed by atoms with Crippen molar-refractivity contribution in [2.75, 3.05) is 36.0 Å². The van der Waals surface area contributed by atoms with Crippen LogP contribution in [0.5, 0.6) is 23.0 Å². The van der Waals surface area contributed by atoms with E-state index in [2.05, 4.69) is 0 Å². The van der Waals surface area contributed by atoms with E-state index >= 15 is 0 Å². The molecule has 0 aliphatic rings. The number of aromatic hydroxyl groups is 4. The van der Waals surface area contributed by atoms with Gasteiger partial charge in [0.1, 0.15) is 18.7 Å². The molecule has 3 aromatic rings. The molecule has 0 saturated carbocycles. The Balaban J connectivity index is 0.00000324. The van der Waals surface area contributed by atoms with E-state index in [1.165, 1.54) is 34.1 Å². The maximum absolute atomic E-state index is 11.0. The predicted octanol–water partition coefficient (Wildman–Crippen LogP) is 2.75. The van der Waals surface area contributed by atoms with Crippen molar-refractivity contribution in [2.45, 2.75) is 13.8 Å². The molecule has 0 bridgehead atoms. The minimum Gasteiger partial charge on any atom is -0.870 e. The molecule has 194 valence electrons. The van der Waals surface area contributed by atoms with E-state index in [0.717, 1.165) is 0 Å². The minimum atomic E-state index is -1.02. The van der Waals surface area contributed by atoms with Gasteiger partial charge in [-0.15, -0.1) is 0 Å². The molecule has 0 radical (unpaired) electrons. The number of hydrogen-bond donors (Lipinski definition) is 6. The molecule has 0 unspecified atom stereocenters. The molecule has 36 heavy (non-hydrogen) atoms. The van der Waals surface area contributed by atoms with Crippen molar-refractivity contribution >= 4 is 23.3 Å². The van der Waals surface area contributed by atoms with E-state index in [9.17, 15) is 30.0 Å². The van der Waals surface area contributed by atoms with Crippen LogP contribution in [0.15, 0.2) is 36.4 Å². The number of phenolic OH excluding ortho intramolecular Hbond substituents is 2. The van der Waals surface area contributed by atoms with Crippen LogP contribution in [0.1, 0.15) is 13.8 Å². The Morgan fingerprint density at radius 2 is 1.28 bits per heavy atom. The van der Waals surface area contributed by atoms with Gasteiger partial charge in [-0.05, 0) is 26.0 Å². The number of carboxylic acid groups (broad SMARTS) is 2. The van der Waals surface area contributed by atoms with E-state index in [-0.39, 0.29) is 69.3 Å². The number of phenols is 2. The Bertz CT molecular complexity index is 1110. The van der Waals surface area contributed by atoms with Gasteiger partial charge >= 0.3 is 11.9 Å². The van der Waals surface area contributed by atoms with Gasteiger partial charge in [0.2, 0.25) is 11.3 Å². The standard InChI is InChI=1S/C24H24N2O8.2H2O/c1-3-25(11-19(29)30)13-5-7-15(17(27)9-13)21-23(33)22(24(21)34)16-8-6-14(10-18(16)28)26(4-2)12-20(31)32;;/h5-10,33H,3-4,11-12H2,1-2H3,(H3-2,27,28,29,30,31,32,34);2*1H2. The number of rotatable bonds is 10. The fourth-order valence-electron chi connectivity index (χ4n) is 3.88. The summed E-state index contributed by atoms with van der Waals surface area (Å²) in [5.41, 5.74) is 1.19. The lowest BCUT2D eigenvalue weighted by molar-refractivity contribution is -0.136. The van der Waals surface area contributed by atoms with Gasteiger partial charge in [-0.25, -0.2) is 0 Å². The lowest BCUT2D eigenvalue weighted by atomic mass is 9.88. The Hall–Kier alpha value is -4.42. The zero-order valence-electron chi connectivity index (χ0n) is 19.6. The second-order valence-electron chi connectivity index (χ2n) is 7.67. The molecule has 0 aromatic heterocycles. The molecule has 0 spiro atoms. The molecular weight excluding hydrogens is 476 g/mol. The highest BCUT2D eigenvalue weighted by Gasteiger charge is 2.43. The minimum absolute atomic E-state index is 0. The second-order valence-corrected chi connectivity index (χ2v) is 7.67. The third-order valence-corrected chi connectivity index (χ3v) is 5.59. The lowest BCUT2D eigenvalue weighted by Gasteiger charge is -2.21. The number of carboxylic acids is 2. The Kier molecular flexibility index (Phi) is 9.72. The molecule has 0 saturated heterocycles. The van der Waals surface area contributed by atoms with Gasteiger partial charge in [0.05, 0.1) is 5.69 Å². The molecule has 3 aromatic carbocycles. The van der Waals surface area contributed by atoms with Crippen molar-refractivity contribution in [3.8, 4) is 45.3 Å². The third-order valence-electron chi connectivity index (χ3n) is 5.59. The highest BCUT2D eigenvalue weighted by molar-refractivity contribution is 6.01. The average Bonchev–Trinajstić information content (AvgIpc) is 2.78. The maximum atomic E-state index is 11.0. The largest absolute Gasteiger partial charge is 0.870 e. The molecule has 12 nitrogen and oxygen atoms in total. The van der Waals surface area contributed by atoms with Crippen molar-refractivity contribution in [1.29, 1.82) is 0 Å². The first-order chi connectivity index (χ1) is 16.1. The smallest absolute Gasteiger partial charge is 0.323 e. The van der Waals surface area contributed by atoms with E-state index in [1.807, 2.05) is 0 Å². The number of carbonyl (C=O) groups is 2. The van der Waals surface area contributed by atoms with Gasteiger partial charge in [-0.2, -0.15) is 0 Å². The monoisotopic (exact) mass is 504 g/mol. The van der Waals surface area contributed by atoms with E-state index in [1.54, 1.807) is 26.0 Å². The molecule has 0 aliphatic carbocycles. The Morgan fingerprint density at radius 3 is 1.67 bits per heavy atom. The third kappa shape index (κ3) is 5.62. The van der Waals surface area contributed by atoms with Crippen molar-refractivity contribution in [1.82, 2.24) is 0 Å². The highest BCUT2D eigenvalue weighted by Crippen LogP contribution is 2.58. The van der Waals surface area contributed by atoms with Crippen LogP contribution >= 0.6 is 0 Å². The predicted molar refractivity (Wildman–Crippen MR) is 130 cm³/mol. The van der Waals surface area contributed by atoms with Crippen molar-refractivity contribution in [3.05, 3.63) is 36.4 Å². The molecule has 0 atom stereocenters. The number of anilines is 2. The summed E-state index contributed by atoms with van der Waals surface area (Å²) in [6.45, 7) is 3.82. The summed E-state index contributed by atoms with van der Waals surface area (Å²) in [7, 11) is 0. The molecule has 0 fully saturated rings. The number of benzene rings is 2. The zero-order valence-corrected chi connectivity index (χ0v) is 19.6. The Morgan fingerprint density at radius 1 is 0.806 bits per heavy atom. The second kappa shape index (κ2) is 11.8. The van der Waals surface area contributed by atoms with E-state index in [4.69, 9.17) is 10.2 Å². The van der Waals surface area contributed by atoms with Crippen LogP contribution in [0.4, 0.5) is 11.4 Å². The zero-order chi connectivity index (χ0) is 25.2. The fourth-order valence-corrected chi connectivity index (χ4v) is 3.88. The van der Waals surface area contributed by atoms with Gasteiger partial charge in [-0.3, -0.25) is 9.59 Å². The molecule has 12 heteroatoms. The van der Waals surface area contributed by atoms with Crippen molar-refractivity contribution in [3.63, 3.8) is 0 Å². The molecule has 0 heterocycles. The van der Waals surface area contributed by atoms with E-state index in [0.29, 0.717) is 24.5 Å². The van der Waals surface area contributed by atoms with Crippen LogP contribution in [-0.2, 0) is 9.59 Å². The summed E-state index contributed by atoms with van der Waals surface area (Å²) >= 11 is 0. The van der Waals surface area contributed by atoms with Gasteiger partial charge in [-0.1, -0.05) is 0 Å². The number of hydrogen-bond acceptors (Lipinski definition) is 10. The number of nitrogens with zero attached hydrogens (tertiary/aromatic N) is 2. The molecule has 0 aliphatic heterocycles. The molecule has 0 amide bonds. The number of aliphatic carboxylic acids is 2. The summed E-state index contributed by atoms with van der Waals surface area (Å²) < 4.78 is 0. The first-order valence-electron chi connectivity index (χ1n) is 10.6. The highest BCUT2D eigenvalue weighted by atomic mass is 16.4. The van der Waals surface area contributed by atoms with E-state index < -0.39 is 11.9 Å². The van der Waals surface area contributed by atoms with Crippen LogP contribution in [0.3, 0.4) is 0 Å². The summed E-state index contributed by atoms with van der Waals surface area (Å²) in [4.78, 5) is 25.1. The SMILES string of the molecule is CCN(CC(=O)O)c1ccc(-c2c(O)[c+](-c3ccc(N(CC)CC(=O)O)cc3O)[c+]2O)c(O)c1.[OH-].[OH-]. The van der Waals surface area contributed by atoms with Crippen molar-refractivity contribution < 1.29 is 51.2 Å². The molecule has 3 rings (SSSR count). The lowest BCUT2D eigenvalue weighted by Crippen LogP contribution is -2.29. The van der Waals surface area contributed by atoms with Crippen LogP contribution in [0, 0.1) is 0 Å². The maximum Gasteiger partial charge on any atom is 0.323 e. The van der Waals surface area contributed by atoms with Crippen LogP contribution in [-0.4, -0.2) is 79.7 Å². The molecule has 8 N–H and O–H groups in total. The normalized spacial score (nSPS) is 10.3. The number of likely N-dealkylation sites (N-methyl/N-ethyl adjacent to an activating group) is 2. The summed E-state index contributed by atoms with van der Waals surface area (Å²) in [6, 6.07) is 8.76. The van der Waals surface area contributed by atoms with Gasteiger partial charge < -0.3 is 51.4 Å². The van der Waals surface area contributed by atoms with Gasteiger partial charge in [0, 0.05) is 43.0 Å². The van der Waals surface area contributed by atoms with Gasteiger partial charge in [0.15, 0.2) is 11.3 Å². The molecular formula is C24H28N2O10. The van der Waals surface area contributed by atoms with Gasteiger partial charge in [0.25, 0.3) is 17.1 Å². The summed E-state index contributed by atoms with van der Waals surface area (Å²) in [5, 5.41) is 60.3. The van der Waals surface area contributed by atoms with Crippen LogP contribution in [0.25, 0.3) is 22.3 Å². The Labute approximate surface area is 206 Å². The first kappa shape index (κ1) is 29.6. The summed E-state index contributed by atoms with van der Waals surface area (Å²) in [5.74, 6) is -3.24. The fraction of sp³-hybridized carbons (Fsp3) is 0.250. The topological polar surface area (TPSA) is 222 Å². The quantitative estimate of drug-likeness (QED) is 0.219.